The number of halogens is 1. The third-order valence-corrected chi connectivity index (χ3v) is 4.43. The summed E-state index contributed by atoms with van der Waals surface area (Å²) in [6.07, 6.45) is 2.54. The van der Waals surface area contributed by atoms with Crippen LogP contribution in [-0.4, -0.2) is 20.5 Å². The predicted octanol–water partition coefficient (Wildman–Crippen LogP) is 3.13. The van der Waals surface area contributed by atoms with E-state index in [1.807, 2.05) is 0 Å². The quantitative estimate of drug-likeness (QED) is 0.591. The first kappa shape index (κ1) is 9.74. The summed E-state index contributed by atoms with van der Waals surface area (Å²) in [6, 6.07) is 0. The highest BCUT2D eigenvalue weighted by Crippen LogP contribution is 2.40. The van der Waals surface area contributed by atoms with E-state index in [-0.39, 0.29) is 0 Å². The van der Waals surface area contributed by atoms with E-state index in [0.29, 0.717) is 17.0 Å². The summed E-state index contributed by atoms with van der Waals surface area (Å²) in [4.78, 5) is 4.47. The van der Waals surface area contributed by atoms with Gasteiger partial charge in [0.05, 0.1) is 0 Å². The lowest BCUT2D eigenvalue weighted by atomic mass is 10.4. The Hall–Kier alpha value is 0.200. The second-order valence-corrected chi connectivity index (χ2v) is 6.02. The van der Waals surface area contributed by atoms with Crippen molar-refractivity contribution in [2.45, 2.75) is 35.3 Å². The first-order chi connectivity index (χ1) is 6.29. The molecule has 72 valence electrons. The number of hydrogen-bond donors (Lipinski definition) is 0. The van der Waals surface area contributed by atoms with Gasteiger partial charge < -0.3 is 0 Å². The summed E-state index contributed by atoms with van der Waals surface area (Å²) in [6.45, 7) is 2.11. The van der Waals surface area contributed by atoms with Gasteiger partial charge in [-0.25, -0.2) is 4.98 Å². The van der Waals surface area contributed by atoms with Crippen LogP contribution >= 0.6 is 34.9 Å². The molecule has 0 aliphatic heterocycles. The van der Waals surface area contributed by atoms with Crippen LogP contribution in [0.4, 0.5) is 0 Å². The van der Waals surface area contributed by atoms with Crippen LogP contribution in [0.3, 0.4) is 0 Å². The van der Waals surface area contributed by atoms with Crippen LogP contribution in [0.15, 0.2) is 4.34 Å². The Kier molecular flexibility index (Phi) is 3.11. The highest BCUT2D eigenvalue weighted by Gasteiger charge is 2.27. The van der Waals surface area contributed by atoms with E-state index in [0.717, 1.165) is 10.2 Å². The Morgan fingerprint density at radius 3 is 3.08 bits per heavy atom. The van der Waals surface area contributed by atoms with Crippen LogP contribution in [0.5, 0.6) is 0 Å². The minimum Gasteiger partial charge on any atom is -0.213 e. The maximum absolute atomic E-state index is 5.72. The Morgan fingerprint density at radius 1 is 1.69 bits per heavy atom. The van der Waals surface area contributed by atoms with Crippen LogP contribution in [0.1, 0.15) is 31.5 Å². The summed E-state index contributed by atoms with van der Waals surface area (Å²) in [7, 11) is 0. The second kappa shape index (κ2) is 4.15. The van der Waals surface area contributed by atoms with Crippen molar-refractivity contribution in [3.05, 3.63) is 5.82 Å². The van der Waals surface area contributed by atoms with Gasteiger partial charge in [0.1, 0.15) is 5.82 Å². The van der Waals surface area contributed by atoms with Gasteiger partial charge in [-0.05, 0) is 24.4 Å². The number of rotatable bonds is 4. The molecule has 1 unspecified atom stereocenters. The molecule has 0 aromatic carbocycles. The van der Waals surface area contributed by atoms with Crippen LogP contribution in [-0.2, 0) is 0 Å². The molecule has 0 spiro atoms. The zero-order chi connectivity index (χ0) is 9.26. The fraction of sp³-hybridized carbons (Fsp3) is 0.750. The number of alkyl halides is 1. The smallest absolute Gasteiger partial charge is 0.170 e. The molecule has 13 heavy (non-hydrogen) atoms. The first-order valence-corrected chi connectivity index (χ1v) is 6.54. The third kappa shape index (κ3) is 2.58. The van der Waals surface area contributed by atoms with Crippen LogP contribution < -0.4 is 0 Å². The molecule has 0 N–H and O–H groups in total. The molecule has 2 nitrogen and oxygen atoms in total. The van der Waals surface area contributed by atoms with Gasteiger partial charge in [0, 0.05) is 17.0 Å². The van der Waals surface area contributed by atoms with Crippen LogP contribution in [0.25, 0.3) is 0 Å². The standard InChI is InChI=1S/C8H11ClN2S2/c1-5(4-9)12-8-10-7(11-13-8)6-2-3-6/h5-6H,2-4H2,1H3. The number of nitrogens with zero attached hydrogens (tertiary/aromatic N) is 2. The van der Waals surface area contributed by atoms with Gasteiger partial charge in [-0.1, -0.05) is 18.7 Å². The van der Waals surface area contributed by atoms with Crippen molar-refractivity contribution < 1.29 is 0 Å². The van der Waals surface area contributed by atoms with Crippen LogP contribution in [0.2, 0.25) is 0 Å². The summed E-state index contributed by atoms with van der Waals surface area (Å²) in [5.74, 6) is 2.38. The maximum Gasteiger partial charge on any atom is 0.170 e. The van der Waals surface area contributed by atoms with Gasteiger partial charge >= 0.3 is 0 Å². The van der Waals surface area contributed by atoms with E-state index < -0.39 is 0 Å². The molecule has 1 aromatic rings. The summed E-state index contributed by atoms with van der Waals surface area (Å²) in [5, 5.41) is 0.432. The molecule has 0 radical (unpaired) electrons. The third-order valence-electron chi connectivity index (χ3n) is 1.88. The average molecular weight is 235 g/mol. The topological polar surface area (TPSA) is 25.8 Å². The van der Waals surface area contributed by atoms with Crippen molar-refractivity contribution >= 4 is 34.9 Å². The molecule has 1 heterocycles. The molecule has 5 heteroatoms. The molecule has 1 aliphatic carbocycles. The molecular weight excluding hydrogens is 224 g/mol. The zero-order valence-corrected chi connectivity index (χ0v) is 9.75. The fourth-order valence-electron chi connectivity index (χ4n) is 0.979. The van der Waals surface area contributed by atoms with Crippen LogP contribution in [0, 0.1) is 0 Å². The molecule has 1 atom stereocenters. The normalized spacial score (nSPS) is 18.9. The number of thioether (sulfide) groups is 1. The molecule has 1 aliphatic rings. The van der Waals surface area contributed by atoms with Gasteiger partial charge in [0.25, 0.3) is 0 Å². The van der Waals surface area contributed by atoms with E-state index in [4.69, 9.17) is 11.6 Å². The molecule has 0 bridgehead atoms. The summed E-state index contributed by atoms with van der Waals surface area (Å²) in [5.41, 5.74) is 0. The number of aromatic nitrogens is 2. The maximum atomic E-state index is 5.72. The molecule has 2 rings (SSSR count). The van der Waals surface area contributed by atoms with Crippen molar-refractivity contribution in [2.24, 2.45) is 0 Å². The van der Waals surface area contributed by atoms with E-state index in [2.05, 4.69) is 16.3 Å². The van der Waals surface area contributed by atoms with E-state index in [9.17, 15) is 0 Å². The minimum atomic E-state index is 0.432. The Balaban J connectivity index is 1.96. The fourth-order valence-corrected chi connectivity index (χ4v) is 2.99. The van der Waals surface area contributed by atoms with Crippen molar-refractivity contribution in [3.63, 3.8) is 0 Å². The van der Waals surface area contributed by atoms with E-state index in [1.54, 1.807) is 11.8 Å². The van der Waals surface area contributed by atoms with E-state index >= 15 is 0 Å². The highest BCUT2D eigenvalue weighted by atomic mass is 35.5. The molecule has 0 saturated heterocycles. The molecule has 1 fully saturated rings. The lowest BCUT2D eigenvalue weighted by molar-refractivity contribution is 0.956. The lowest BCUT2D eigenvalue weighted by Crippen LogP contribution is -1.95. The Bertz CT molecular complexity index is 285. The van der Waals surface area contributed by atoms with Crippen molar-refractivity contribution in [1.82, 2.24) is 9.36 Å². The largest absolute Gasteiger partial charge is 0.213 e. The van der Waals surface area contributed by atoms with Crippen molar-refractivity contribution in [1.29, 1.82) is 0 Å². The molecule has 0 amide bonds. The van der Waals surface area contributed by atoms with E-state index in [1.165, 1.54) is 24.4 Å². The molecular formula is C8H11ClN2S2. The Morgan fingerprint density at radius 2 is 2.46 bits per heavy atom. The molecule has 1 aromatic heterocycles. The average Bonchev–Trinajstić information content (AvgIpc) is 2.88. The van der Waals surface area contributed by atoms with Gasteiger partial charge in [-0.15, -0.1) is 11.6 Å². The van der Waals surface area contributed by atoms with Crippen molar-refractivity contribution in [2.75, 3.05) is 5.88 Å². The zero-order valence-electron chi connectivity index (χ0n) is 7.36. The predicted molar refractivity (Wildman–Crippen MR) is 57.9 cm³/mol. The SMILES string of the molecule is CC(CCl)Sc1nc(C2CC2)ns1. The Labute approximate surface area is 91.3 Å². The van der Waals surface area contributed by atoms with Gasteiger partial charge in [-0.3, -0.25) is 0 Å². The monoisotopic (exact) mass is 234 g/mol. The first-order valence-electron chi connectivity index (χ1n) is 4.36. The lowest BCUT2D eigenvalue weighted by Gasteiger charge is -2.01. The van der Waals surface area contributed by atoms with Gasteiger partial charge in [0.15, 0.2) is 4.34 Å². The minimum absolute atomic E-state index is 0.432. The second-order valence-electron chi connectivity index (χ2n) is 3.28. The summed E-state index contributed by atoms with van der Waals surface area (Å²) < 4.78 is 5.40. The van der Waals surface area contributed by atoms with Gasteiger partial charge in [0.2, 0.25) is 0 Å². The number of hydrogen-bond acceptors (Lipinski definition) is 4. The van der Waals surface area contributed by atoms with Gasteiger partial charge in [-0.2, -0.15) is 4.37 Å². The van der Waals surface area contributed by atoms with Crippen molar-refractivity contribution in [3.8, 4) is 0 Å². The highest BCUT2D eigenvalue weighted by molar-refractivity contribution is 8.01. The summed E-state index contributed by atoms with van der Waals surface area (Å²) >= 11 is 8.95. The molecule has 1 saturated carbocycles.